The van der Waals surface area contributed by atoms with Crippen molar-refractivity contribution >= 4 is 23.5 Å². The van der Waals surface area contributed by atoms with Crippen LogP contribution in [0.5, 0.6) is 17.2 Å². The van der Waals surface area contributed by atoms with Gasteiger partial charge >= 0.3 is 0 Å². The van der Waals surface area contributed by atoms with Crippen LogP contribution in [0.1, 0.15) is 16.3 Å². The number of nitrogens with one attached hydrogen (secondary N) is 1. The van der Waals surface area contributed by atoms with E-state index >= 15 is 0 Å². The van der Waals surface area contributed by atoms with Gasteiger partial charge in [-0.3, -0.25) is 4.79 Å². The van der Waals surface area contributed by atoms with Crippen LogP contribution in [0, 0.1) is 6.92 Å². The number of aryl methyl sites for hydroxylation is 1. The Morgan fingerprint density at radius 2 is 1.88 bits per heavy atom. The van der Waals surface area contributed by atoms with Crippen molar-refractivity contribution in [1.29, 1.82) is 0 Å². The Morgan fingerprint density at radius 3 is 2.46 bits per heavy atom. The van der Waals surface area contributed by atoms with Gasteiger partial charge in [0.1, 0.15) is 5.75 Å². The molecular weight excluding hydrogens is 330 g/mol. The number of rotatable bonds is 7. The summed E-state index contributed by atoms with van der Waals surface area (Å²) in [6, 6.07) is 3.41. The molecule has 0 radical (unpaired) electrons. The fraction of sp³-hybridized carbons (Fsp3) is 0.312. The predicted octanol–water partition coefficient (Wildman–Crippen LogP) is 2.17. The molecule has 1 heterocycles. The smallest absolute Gasteiger partial charge is 0.246 e. The standard InChI is InChI=1S/C16H19N3O4S/c1-10-18-12(9-24-10)6-16(20)19-17-8-11-5-14(22-3)15(23-4)7-13(11)21-2/h5,7-9H,6H2,1-4H3,(H,19,20). The zero-order valence-electron chi connectivity index (χ0n) is 14.0. The first-order valence-electron chi connectivity index (χ1n) is 7.10. The fourth-order valence-corrected chi connectivity index (χ4v) is 2.63. The molecule has 0 saturated heterocycles. The van der Waals surface area contributed by atoms with Crippen LogP contribution in [-0.4, -0.2) is 38.4 Å². The number of carbonyl (C=O) groups excluding carboxylic acids is 1. The first-order valence-corrected chi connectivity index (χ1v) is 7.98. The Balaban J connectivity index is 2.06. The summed E-state index contributed by atoms with van der Waals surface area (Å²) < 4.78 is 15.8. The largest absolute Gasteiger partial charge is 0.496 e. The number of hydrogen-bond acceptors (Lipinski definition) is 7. The van der Waals surface area contributed by atoms with Crippen molar-refractivity contribution in [2.45, 2.75) is 13.3 Å². The first-order chi connectivity index (χ1) is 11.6. The van der Waals surface area contributed by atoms with E-state index in [0.29, 0.717) is 22.8 Å². The third kappa shape index (κ3) is 4.45. The normalized spacial score (nSPS) is 10.7. The van der Waals surface area contributed by atoms with Gasteiger partial charge in [0.05, 0.1) is 44.7 Å². The highest BCUT2D eigenvalue weighted by Gasteiger charge is 2.11. The van der Waals surface area contributed by atoms with Crippen molar-refractivity contribution in [3.63, 3.8) is 0 Å². The molecule has 0 saturated carbocycles. The van der Waals surface area contributed by atoms with Gasteiger partial charge in [0.2, 0.25) is 5.91 Å². The molecular formula is C16H19N3O4S. The van der Waals surface area contributed by atoms with Crippen molar-refractivity contribution in [2.24, 2.45) is 5.10 Å². The SMILES string of the molecule is COc1cc(OC)c(OC)cc1C=NNC(=O)Cc1csc(C)n1. The van der Waals surface area contributed by atoms with Crippen LogP contribution in [0.15, 0.2) is 22.6 Å². The molecule has 0 bridgehead atoms. The summed E-state index contributed by atoms with van der Waals surface area (Å²) in [5, 5.41) is 6.74. The number of carbonyl (C=O) groups is 1. The number of amides is 1. The van der Waals surface area contributed by atoms with Gasteiger partial charge in [-0.1, -0.05) is 0 Å². The van der Waals surface area contributed by atoms with Crippen LogP contribution in [0.25, 0.3) is 0 Å². The molecule has 8 heteroatoms. The maximum absolute atomic E-state index is 11.9. The zero-order chi connectivity index (χ0) is 17.5. The number of benzene rings is 1. The van der Waals surface area contributed by atoms with E-state index in [4.69, 9.17) is 14.2 Å². The lowest BCUT2D eigenvalue weighted by Crippen LogP contribution is -2.20. The van der Waals surface area contributed by atoms with Crippen LogP contribution in [0.4, 0.5) is 0 Å². The second kappa shape index (κ2) is 8.30. The molecule has 128 valence electrons. The second-order valence-electron chi connectivity index (χ2n) is 4.78. The lowest BCUT2D eigenvalue weighted by atomic mass is 10.2. The van der Waals surface area contributed by atoms with Gasteiger partial charge < -0.3 is 14.2 Å². The third-order valence-electron chi connectivity index (χ3n) is 3.14. The van der Waals surface area contributed by atoms with Gasteiger partial charge in [0.15, 0.2) is 11.5 Å². The minimum absolute atomic E-state index is 0.185. The van der Waals surface area contributed by atoms with Gasteiger partial charge in [0, 0.05) is 17.0 Å². The third-order valence-corrected chi connectivity index (χ3v) is 3.96. The van der Waals surface area contributed by atoms with E-state index in [2.05, 4.69) is 15.5 Å². The average molecular weight is 349 g/mol. The first kappa shape index (κ1) is 17.7. The topological polar surface area (TPSA) is 82.0 Å². The van der Waals surface area contributed by atoms with Crippen molar-refractivity contribution in [3.05, 3.63) is 33.8 Å². The highest BCUT2D eigenvalue weighted by atomic mass is 32.1. The number of ether oxygens (including phenoxy) is 3. The summed E-state index contributed by atoms with van der Waals surface area (Å²) in [5.41, 5.74) is 3.86. The van der Waals surface area contributed by atoms with E-state index in [1.807, 2.05) is 12.3 Å². The van der Waals surface area contributed by atoms with E-state index in [1.54, 1.807) is 33.5 Å². The summed E-state index contributed by atoms with van der Waals surface area (Å²) >= 11 is 1.51. The van der Waals surface area contributed by atoms with Crippen molar-refractivity contribution in [2.75, 3.05) is 21.3 Å². The van der Waals surface area contributed by atoms with Gasteiger partial charge in [-0.05, 0) is 13.0 Å². The molecule has 0 atom stereocenters. The zero-order valence-corrected chi connectivity index (χ0v) is 14.8. The minimum Gasteiger partial charge on any atom is -0.496 e. The number of hydrogen-bond donors (Lipinski definition) is 1. The maximum Gasteiger partial charge on any atom is 0.246 e. The number of nitrogens with zero attached hydrogens (tertiary/aromatic N) is 2. The summed E-state index contributed by atoms with van der Waals surface area (Å²) in [6.07, 6.45) is 1.68. The van der Waals surface area contributed by atoms with Crippen molar-refractivity contribution in [1.82, 2.24) is 10.4 Å². The van der Waals surface area contributed by atoms with Gasteiger partial charge in [-0.25, -0.2) is 10.4 Å². The van der Waals surface area contributed by atoms with E-state index in [0.717, 1.165) is 10.7 Å². The number of methoxy groups -OCH3 is 3. The molecule has 1 N–H and O–H groups in total. The highest BCUT2D eigenvalue weighted by molar-refractivity contribution is 7.09. The molecule has 0 spiro atoms. The molecule has 0 aliphatic carbocycles. The van der Waals surface area contributed by atoms with Crippen LogP contribution in [0.3, 0.4) is 0 Å². The molecule has 1 aromatic carbocycles. The summed E-state index contributed by atoms with van der Waals surface area (Å²) in [5.74, 6) is 1.41. The number of hydrazone groups is 1. The van der Waals surface area contributed by atoms with Crippen LogP contribution >= 0.6 is 11.3 Å². The van der Waals surface area contributed by atoms with Crippen LogP contribution in [-0.2, 0) is 11.2 Å². The summed E-state index contributed by atoms with van der Waals surface area (Å²) in [6.45, 7) is 1.90. The van der Waals surface area contributed by atoms with E-state index in [9.17, 15) is 4.79 Å². The Bertz CT molecular complexity index is 743. The molecule has 1 amide bonds. The van der Waals surface area contributed by atoms with Crippen LogP contribution < -0.4 is 19.6 Å². The Kier molecular flexibility index (Phi) is 6.14. The lowest BCUT2D eigenvalue weighted by Gasteiger charge is -2.11. The predicted molar refractivity (Wildman–Crippen MR) is 92.4 cm³/mol. The Hall–Kier alpha value is -2.61. The quantitative estimate of drug-likeness (QED) is 0.612. The van der Waals surface area contributed by atoms with Gasteiger partial charge in [0.25, 0.3) is 0 Å². The number of aromatic nitrogens is 1. The van der Waals surface area contributed by atoms with E-state index in [-0.39, 0.29) is 12.3 Å². The van der Waals surface area contributed by atoms with Crippen LogP contribution in [0.2, 0.25) is 0 Å². The fourth-order valence-electron chi connectivity index (χ4n) is 2.02. The Morgan fingerprint density at radius 1 is 1.21 bits per heavy atom. The lowest BCUT2D eigenvalue weighted by molar-refractivity contribution is -0.120. The maximum atomic E-state index is 11.9. The summed E-state index contributed by atoms with van der Waals surface area (Å²) in [4.78, 5) is 16.1. The van der Waals surface area contributed by atoms with E-state index in [1.165, 1.54) is 17.6 Å². The van der Waals surface area contributed by atoms with Crippen molar-refractivity contribution < 1.29 is 19.0 Å². The molecule has 0 fully saturated rings. The summed E-state index contributed by atoms with van der Waals surface area (Å²) in [7, 11) is 4.64. The molecule has 7 nitrogen and oxygen atoms in total. The minimum atomic E-state index is -0.240. The molecule has 2 aromatic rings. The molecule has 2 rings (SSSR count). The molecule has 1 aromatic heterocycles. The Labute approximate surface area is 144 Å². The van der Waals surface area contributed by atoms with Gasteiger partial charge in [-0.15, -0.1) is 11.3 Å². The average Bonchev–Trinajstić information content (AvgIpc) is 2.98. The molecule has 0 unspecified atom stereocenters. The van der Waals surface area contributed by atoms with Gasteiger partial charge in [-0.2, -0.15) is 5.10 Å². The second-order valence-corrected chi connectivity index (χ2v) is 5.84. The molecule has 0 aliphatic heterocycles. The molecule has 24 heavy (non-hydrogen) atoms. The monoisotopic (exact) mass is 349 g/mol. The number of thiazole rings is 1. The van der Waals surface area contributed by atoms with E-state index < -0.39 is 0 Å². The highest BCUT2D eigenvalue weighted by Crippen LogP contribution is 2.33. The molecule has 0 aliphatic rings. The van der Waals surface area contributed by atoms with Crippen molar-refractivity contribution in [3.8, 4) is 17.2 Å².